The molecule has 1 aromatic carbocycles. The zero-order valence-corrected chi connectivity index (χ0v) is 11.9. The van der Waals surface area contributed by atoms with E-state index in [0.29, 0.717) is 16.7 Å². The highest BCUT2D eigenvalue weighted by atomic mass is 16.6. The highest BCUT2D eigenvalue weighted by molar-refractivity contribution is 6.11. The van der Waals surface area contributed by atoms with Crippen molar-refractivity contribution in [3.63, 3.8) is 0 Å². The van der Waals surface area contributed by atoms with Gasteiger partial charge in [0.25, 0.3) is 11.6 Å². The molecule has 0 atom stereocenters. The summed E-state index contributed by atoms with van der Waals surface area (Å²) in [5.74, 6) is -0.218. The molecule has 0 aliphatic rings. The van der Waals surface area contributed by atoms with Crippen LogP contribution in [-0.2, 0) is 0 Å². The molecule has 0 unspecified atom stereocenters. The molecule has 3 rings (SSSR count). The highest BCUT2D eigenvalue weighted by Crippen LogP contribution is 2.29. The van der Waals surface area contributed by atoms with Crippen LogP contribution in [0.1, 0.15) is 10.5 Å². The lowest BCUT2D eigenvalue weighted by atomic mass is 10.2. The van der Waals surface area contributed by atoms with Crippen LogP contribution in [0.5, 0.6) is 5.75 Å². The topological polar surface area (TPSA) is 123 Å². The minimum atomic E-state index is -0.553. The number of aromatic amines is 1. The summed E-state index contributed by atoms with van der Waals surface area (Å²) < 4.78 is 5.11. The lowest BCUT2D eigenvalue weighted by molar-refractivity contribution is -0.384. The SMILES string of the molecule is COc1ccc([N+](=O)[O-])cc1NC(=O)c1n[nH]c2ccncc12. The number of nitro benzene ring substituents is 1. The summed E-state index contributed by atoms with van der Waals surface area (Å²) in [7, 11) is 1.41. The van der Waals surface area contributed by atoms with Crippen molar-refractivity contribution < 1.29 is 14.5 Å². The molecule has 9 nitrogen and oxygen atoms in total. The van der Waals surface area contributed by atoms with Crippen molar-refractivity contribution >= 4 is 28.2 Å². The van der Waals surface area contributed by atoms with Crippen molar-refractivity contribution in [3.05, 3.63) is 52.5 Å². The molecule has 0 fully saturated rings. The third-order valence-corrected chi connectivity index (χ3v) is 3.22. The number of H-pyrrole nitrogens is 1. The first-order valence-electron chi connectivity index (χ1n) is 6.52. The van der Waals surface area contributed by atoms with Gasteiger partial charge >= 0.3 is 0 Å². The molecule has 0 saturated carbocycles. The number of hydrogen-bond donors (Lipinski definition) is 2. The van der Waals surface area contributed by atoms with Crippen molar-refractivity contribution in [2.24, 2.45) is 0 Å². The summed E-state index contributed by atoms with van der Waals surface area (Å²) in [4.78, 5) is 26.7. The number of benzene rings is 1. The maximum Gasteiger partial charge on any atom is 0.276 e. The monoisotopic (exact) mass is 313 g/mol. The third-order valence-electron chi connectivity index (χ3n) is 3.22. The van der Waals surface area contributed by atoms with Gasteiger partial charge in [0.1, 0.15) is 5.75 Å². The third kappa shape index (κ3) is 2.67. The van der Waals surface area contributed by atoms with Crippen LogP contribution in [0.25, 0.3) is 10.9 Å². The first kappa shape index (κ1) is 14.4. The number of nitrogens with one attached hydrogen (secondary N) is 2. The Kier molecular flexibility index (Phi) is 3.59. The van der Waals surface area contributed by atoms with Crippen LogP contribution in [0.3, 0.4) is 0 Å². The van der Waals surface area contributed by atoms with Gasteiger partial charge in [0, 0.05) is 24.5 Å². The molecule has 1 amide bonds. The maximum atomic E-state index is 12.4. The average molecular weight is 313 g/mol. The number of rotatable bonds is 4. The zero-order valence-electron chi connectivity index (χ0n) is 11.9. The molecule has 2 aromatic heterocycles. The predicted octanol–water partition coefficient (Wildman–Crippen LogP) is 2.13. The molecular weight excluding hydrogens is 302 g/mol. The number of non-ortho nitro benzene ring substituents is 1. The molecule has 0 radical (unpaired) electrons. The predicted molar refractivity (Wildman–Crippen MR) is 81.5 cm³/mol. The lowest BCUT2D eigenvalue weighted by Gasteiger charge is -2.09. The molecule has 0 bridgehead atoms. The van der Waals surface area contributed by atoms with E-state index in [1.54, 1.807) is 12.3 Å². The van der Waals surface area contributed by atoms with E-state index in [0.717, 1.165) is 0 Å². The fourth-order valence-corrected chi connectivity index (χ4v) is 2.12. The van der Waals surface area contributed by atoms with Crippen LogP contribution in [0.15, 0.2) is 36.7 Å². The molecule has 2 heterocycles. The van der Waals surface area contributed by atoms with Gasteiger partial charge < -0.3 is 10.1 Å². The first-order valence-corrected chi connectivity index (χ1v) is 6.52. The van der Waals surface area contributed by atoms with Gasteiger partial charge in [-0.25, -0.2) is 0 Å². The van der Waals surface area contributed by atoms with E-state index < -0.39 is 10.8 Å². The highest BCUT2D eigenvalue weighted by Gasteiger charge is 2.18. The van der Waals surface area contributed by atoms with Gasteiger partial charge in [-0.05, 0) is 12.1 Å². The molecule has 116 valence electrons. The van der Waals surface area contributed by atoms with Gasteiger partial charge in [0.15, 0.2) is 5.69 Å². The number of carbonyl (C=O) groups excluding carboxylic acids is 1. The molecule has 2 N–H and O–H groups in total. The van der Waals surface area contributed by atoms with Crippen LogP contribution in [0, 0.1) is 10.1 Å². The standard InChI is InChI=1S/C14H11N5O4/c1-23-12-3-2-8(19(21)22)6-11(12)16-14(20)13-9-7-15-5-4-10(9)17-18-13/h2-7H,1H3,(H,16,20)(H,17,18). The number of hydrogen-bond acceptors (Lipinski definition) is 6. The Bertz CT molecular complexity index is 905. The van der Waals surface area contributed by atoms with E-state index in [1.165, 1.54) is 31.5 Å². The Balaban J connectivity index is 1.96. The lowest BCUT2D eigenvalue weighted by Crippen LogP contribution is -2.13. The zero-order chi connectivity index (χ0) is 16.4. The summed E-state index contributed by atoms with van der Waals surface area (Å²) in [5.41, 5.74) is 0.833. The van der Waals surface area contributed by atoms with Gasteiger partial charge in [0.2, 0.25) is 0 Å². The van der Waals surface area contributed by atoms with E-state index >= 15 is 0 Å². The molecule has 0 saturated heterocycles. The van der Waals surface area contributed by atoms with E-state index in [1.807, 2.05) is 0 Å². The second-order valence-corrected chi connectivity index (χ2v) is 4.59. The van der Waals surface area contributed by atoms with Crippen LogP contribution >= 0.6 is 0 Å². The van der Waals surface area contributed by atoms with Gasteiger partial charge in [-0.1, -0.05) is 0 Å². The average Bonchev–Trinajstić information content (AvgIpc) is 2.98. The largest absolute Gasteiger partial charge is 0.495 e. The fraction of sp³-hybridized carbons (Fsp3) is 0.0714. The Morgan fingerprint density at radius 3 is 2.96 bits per heavy atom. The van der Waals surface area contributed by atoms with E-state index in [4.69, 9.17) is 4.74 Å². The van der Waals surface area contributed by atoms with Gasteiger partial charge in [-0.2, -0.15) is 5.10 Å². The van der Waals surface area contributed by atoms with Crippen molar-refractivity contribution in [2.45, 2.75) is 0 Å². The number of fused-ring (bicyclic) bond motifs is 1. The molecular formula is C14H11N5O4. The normalized spacial score (nSPS) is 10.5. The summed E-state index contributed by atoms with van der Waals surface area (Å²) in [6.07, 6.45) is 3.09. The smallest absolute Gasteiger partial charge is 0.276 e. The van der Waals surface area contributed by atoms with Crippen LogP contribution in [0.2, 0.25) is 0 Å². The van der Waals surface area contributed by atoms with Crippen molar-refractivity contribution in [1.82, 2.24) is 15.2 Å². The molecule has 0 aliphatic heterocycles. The van der Waals surface area contributed by atoms with Crippen molar-refractivity contribution in [2.75, 3.05) is 12.4 Å². The second-order valence-electron chi connectivity index (χ2n) is 4.59. The number of amides is 1. The quantitative estimate of drug-likeness (QED) is 0.562. The number of ether oxygens (including phenoxy) is 1. The number of carbonyl (C=O) groups is 1. The Morgan fingerprint density at radius 1 is 1.39 bits per heavy atom. The number of nitrogens with zero attached hydrogens (tertiary/aromatic N) is 3. The minimum Gasteiger partial charge on any atom is -0.495 e. The number of methoxy groups -OCH3 is 1. The number of pyridine rings is 1. The summed E-state index contributed by atoms with van der Waals surface area (Å²) in [6.45, 7) is 0. The van der Waals surface area contributed by atoms with Crippen LogP contribution in [0.4, 0.5) is 11.4 Å². The van der Waals surface area contributed by atoms with Gasteiger partial charge in [-0.15, -0.1) is 0 Å². The van der Waals surface area contributed by atoms with Gasteiger partial charge in [0.05, 0.1) is 28.6 Å². The van der Waals surface area contributed by atoms with Crippen molar-refractivity contribution in [3.8, 4) is 5.75 Å². The summed E-state index contributed by atoms with van der Waals surface area (Å²) >= 11 is 0. The van der Waals surface area contributed by atoms with Crippen LogP contribution in [-0.4, -0.2) is 33.1 Å². The number of anilines is 1. The molecule has 0 spiro atoms. The minimum absolute atomic E-state index is 0.140. The molecule has 3 aromatic rings. The first-order chi connectivity index (χ1) is 11.1. The molecule has 23 heavy (non-hydrogen) atoms. The van der Waals surface area contributed by atoms with Gasteiger partial charge in [-0.3, -0.25) is 25.0 Å². The Hall–Kier alpha value is -3.49. The van der Waals surface area contributed by atoms with E-state index in [-0.39, 0.29) is 17.1 Å². The maximum absolute atomic E-state index is 12.4. The Morgan fingerprint density at radius 2 is 2.22 bits per heavy atom. The van der Waals surface area contributed by atoms with Crippen molar-refractivity contribution in [1.29, 1.82) is 0 Å². The fourth-order valence-electron chi connectivity index (χ4n) is 2.12. The molecule has 9 heteroatoms. The van der Waals surface area contributed by atoms with Crippen LogP contribution < -0.4 is 10.1 Å². The number of aromatic nitrogens is 3. The summed E-state index contributed by atoms with van der Waals surface area (Å²) in [6, 6.07) is 5.62. The van der Waals surface area contributed by atoms with E-state index in [2.05, 4.69) is 20.5 Å². The number of nitro groups is 1. The Labute approximate surface area is 129 Å². The molecule has 0 aliphatic carbocycles. The van der Waals surface area contributed by atoms with E-state index in [9.17, 15) is 14.9 Å². The second kappa shape index (κ2) is 5.72. The summed E-state index contributed by atoms with van der Waals surface area (Å²) in [5, 5.41) is 20.7.